The number of aromatic nitrogens is 1. The molecule has 0 spiro atoms. The molecule has 0 N–H and O–H groups in total. The second-order valence-corrected chi connectivity index (χ2v) is 8.01. The molecule has 0 saturated carbocycles. The maximum Gasteiger partial charge on any atom is 0.144 e. The largest absolute Gasteiger partial charge is 0.455 e. The standard InChI is InChI=1S/C28H21NO/c1-17(2)19-12-13-29-26(15-19)23-9-5-8-22-25-14-20-11-10-18-6-3-4-7-21(18)24(20)16-27(25)30-28(22)23/h3-17H,1-2H3/i13D,17D. The van der Waals surface area contributed by atoms with Gasteiger partial charge in [-0.05, 0) is 63.3 Å². The SMILES string of the molecule is [2H]c1cc(C([2H])(C)C)cc(-c2cccc3c2oc2cc4c(ccc5ccccc54)cc23)n1. The Morgan fingerprint density at radius 1 is 0.800 bits per heavy atom. The monoisotopic (exact) mass is 389 g/mol. The zero-order valence-electron chi connectivity index (χ0n) is 18.9. The Hall–Kier alpha value is -3.65. The molecule has 2 heteroatoms. The van der Waals surface area contributed by atoms with E-state index in [9.17, 15) is 0 Å². The molecule has 2 heterocycles. The number of rotatable bonds is 2. The average Bonchev–Trinajstić information content (AvgIpc) is 3.14. The molecule has 0 unspecified atom stereocenters. The number of nitrogens with zero attached hydrogens (tertiary/aromatic N) is 1. The number of para-hydroxylation sites is 1. The topological polar surface area (TPSA) is 26.0 Å². The van der Waals surface area contributed by atoms with E-state index in [2.05, 4.69) is 59.6 Å². The lowest BCUT2D eigenvalue weighted by Gasteiger charge is -2.07. The summed E-state index contributed by atoms with van der Waals surface area (Å²) in [5, 5.41) is 6.84. The molecule has 0 bridgehead atoms. The molecule has 4 aromatic carbocycles. The first-order valence-electron chi connectivity index (χ1n) is 11.1. The maximum absolute atomic E-state index is 8.39. The van der Waals surface area contributed by atoms with Crippen LogP contribution in [0.1, 0.15) is 28.0 Å². The van der Waals surface area contributed by atoms with Crippen LogP contribution in [-0.4, -0.2) is 4.98 Å². The van der Waals surface area contributed by atoms with Crippen LogP contribution in [0.5, 0.6) is 0 Å². The van der Waals surface area contributed by atoms with Crippen LogP contribution in [0.2, 0.25) is 0 Å². The van der Waals surface area contributed by atoms with Crippen LogP contribution in [0.25, 0.3) is 54.7 Å². The predicted molar refractivity (Wildman–Crippen MR) is 126 cm³/mol. The number of fused-ring (bicyclic) bond motifs is 6. The minimum atomic E-state index is -0.811. The van der Waals surface area contributed by atoms with Crippen molar-refractivity contribution in [2.45, 2.75) is 19.7 Å². The molecular weight excluding hydrogens is 366 g/mol. The summed E-state index contributed by atoms with van der Waals surface area (Å²) < 4.78 is 23.0. The van der Waals surface area contributed by atoms with Crippen LogP contribution in [0.4, 0.5) is 0 Å². The van der Waals surface area contributed by atoms with Gasteiger partial charge in [-0.25, -0.2) is 0 Å². The molecule has 0 fully saturated rings. The summed E-state index contributed by atoms with van der Waals surface area (Å²) >= 11 is 0. The highest BCUT2D eigenvalue weighted by Crippen LogP contribution is 2.38. The third kappa shape index (κ3) is 2.54. The van der Waals surface area contributed by atoms with Gasteiger partial charge in [-0.2, -0.15) is 0 Å². The molecule has 0 aliphatic rings. The van der Waals surface area contributed by atoms with E-state index in [0.717, 1.165) is 33.1 Å². The summed E-state index contributed by atoms with van der Waals surface area (Å²) in [5.41, 5.74) is 3.85. The second-order valence-electron chi connectivity index (χ2n) is 8.01. The smallest absolute Gasteiger partial charge is 0.144 e. The lowest BCUT2D eigenvalue weighted by Crippen LogP contribution is -1.90. The molecule has 0 radical (unpaired) electrons. The second kappa shape index (κ2) is 6.43. The number of pyridine rings is 1. The van der Waals surface area contributed by atoms with Crippen LogP contribution in [-0.2, 0) is 0 Å². The Balaban J connectivity index is 1.66. The Morgan fingerprint density at radius 3 is 2.53 bits per heavy atom. The number of benzene rings is 4. The minimum Gasteiger partial charge on any atom is -0.455 e. The van der Waals surface area contributed by atoms with Gasteiger partial charge in [0.25, 0.3) is 0 Å². The lowest BCUT2D eigenvalue weighted by molar-refractivity contribution is 0.670. The van der Waals surface area contributed by atoms with E-state index in [-0.39, 0.29) is 6.17 Å². The average molecular weight is 389 g/mol. The third-order valence-corrected chi connectivity index (χ3v) is 5.91. The summed E-state index contributed by atoms with van der Waals surface area (Å²) in [6, 6.07) is 26.6. The van der Waals surface area contributed by atoms with Crippen molar-refractivity contribution in [3.05, 3.63) is 90.6 Å². The van der Waals surface area contributed by atoms with Gasteiger partial charge in [0, 0.05) is 23.9 Å². The van der Waals surface area contributed by atoms with Gasteiger partial charge >= 0.3 is 0 Å². The van der Waals surface area contributed by atoms with Crippen LogP contribution >= 0.6 is 0 Å². The molecule has 0 aliphatic carbocycles. The first kappa shape index (κ1) is 15.2. The predicted octanol–water partition coefficient (Wildman–Crippen LogP) is 8.08. The Kier molecular flexibility index (Phi) is 3.26. The molecule has 0 saturated heterocycles. The fourth-order valence-corrected chi connectivity index (χ4v) is 4.32. The summed E-state index contributed by atoms with van der Waals surface area (Å²) in [5.74, 6) is -0.811. The highest BCUT2D eigenvalue weighted by atomic mass is 16.3. The summed E-state index contributed by atoms with van der Waals surface area (Å²) in [6.45, 7) is 3.65. The van der Waals surface area contributed by atoms with Crippen molar-refractivity contribution in [2.24, 2.45) is 0 Å². The van der Waals surface area contributed by atoms with Crippen molar-refractivity contribution in [1.29, 1.82) is 0 Å². The van der Waals surface area contributed by atoms with Gasteiger partial charge in [-0.3, -0.25) is 4.98 Å². The molecule has 30 heavy (non-hydrogen) atoms. The number of furan rings is 1. The summed E-state index contributed by atoms with van der Waals surface area (Å²) in [6.07, 6.45) is 0.156. The van der Waals surface area contributed by atoms with Crippen molar-refractivity contribution >= 4 is 43.5 Å². The van der Waals surface area contributed by atoms with Crippen molar-refractivity contribution in [3.8, 4) is 11.3 Å². The highest BCUT2D eigenvalue weighted by Gasteiger charge is 2.15. The van der Waals surface area contributed by atoms with E-state index in [0.29, 0.717) is 5.69 Å². The van der Waals surface area contributed by atoms with Crippen LogP contribution < -0.4 is 0 Å². The molecule has 0 atom stereocenters. The van der Waals surface area contributed by atoms with Crippen molar-refractivity contribution < 1.29 is 7.16 Å². The zero-order valence-corrected chi connectivity index (χ0v) is 16.9. The molecule has 6 aromatic rings. The maximum atomic E-state index is 8.39. The van der Waals surface area contributed by atoms with E-state index in [4.69, 9.17) is 7.16 Å². The fraction of sp³-hybridized carbons (Fsp3) is 0.107. The first-order valence-corrected chi connectivity index (χ1v) is 10.1. The van der Waals surface area contributed by atoms with Crippen LogP contribution in [0, 0.1) is 0 Å². The van der Waals surface area contributed by atoms with Gasteiger partial charge in [0.2, 0.25) is 0 Å². The van der Waals surface area contributed by atoms with Gasteiger partial charge in [-0.15, -0.1) is 0 Å². The van der Waals surface area contributed by atoms with Crippen molar-refractivity contribution in [3.63, 3.8) is 0 Å². The van der Waals surface area contributed by atoms with Gasteiger partial charge < -0.3 is 4.42 Å². The van der Waals surface area contributed by atoms with Crippen LogP contribution in [0.3, 0.4) is 0 Å². The van der Waals surface area contributed by atoms with E-state index in [1.165, 1.54) is 21.5 Å². The first-order chi connectivity index (χ1) is 15.4. The van der Waals surface area contributed by atoms with Gasteiger partial charge in [0.15, 0.2) is 0 Å². The number of hydrogen-bond donors (Lipinski definition) is 0. The van der Waals surface area contributed by atoms with Gasteiger partial charge in [0.1, 0.15) is 11.2 Å². The molecular formula is C28H21NO. The molecule has 0 aliphatic heterocycles. The van der Waals surface area contributed by atoms with E-state index < -0.39 is 5.89 Å². The van der Waals surface area contributed by atoms with Gasteiger partial charge in [-0.1, -0.05) is 62.4 Å². The molecule has 2 aromatic heterocycles. The summed E-state index contributed by atoms with van der Waals surface area (Å²) in [7, 11) is 0. The number of hydrogen-bond acceptors (Lipinski definition) is 2. The van der Waals surface area contributed by atoms with Crippen LogP contribution in [0.15, 0.2) is 89.5 Å². The van der Waals surface area contributed by atoms with Crippen molar-refractivity contribution in [1.82, 2.24) is 4.98 Å². The Labute approximate surface area is 177 Å². The van der Waals surface area contributed by atoms with Gasteiger partial charge in [0.05, 0.1) is 7.06 Å². The lowest BCUT2D eigenvalue weighted by atomic mass is 9.99. The highest BCUT2D eigenvalue weighted by molar-refractivity contribution is 6.17. The third-order valence-electron chi connectivity index (χ3n) is 5.91. The Bertz CT molecular complexity index is 1670. The van der Waals surface area contributed by atoms with Crippen molar-refractivity contribution in [2.75, 3.05) is 0 Å². The van der Waals surface area contributed by atoms with E-state index in [1.807, 2.05) is 32.0 Å². The Morgan fingerprint density at radius 2 is 1.63 bits per heavy atom. The molecule has 2 nitrogen and oxygen atoms in total. The molecule has 0 amide bonds. The minimum absolute atomic E-state index is 0.156. The fourth-order valence-electron chi connectivity index (χ4n) is 4.32. The molecule has 6 rings (SSSR count). The molecule has 144 valence electrons. The summed E-state index contributed by atoms with van der Waals surface area (Å²) in [4.78, 5) is 4.46. The van der Waals surface area contributed by atoms with E-state index >= 15 is 0 Å². The quantitative estimate of drug-likeness (QED) is 0.280. The zero-order chi connectivity index (χ0) is 22.0. The van der Waals surface area contributed by atoms with E-state index in [1.54, 1.807) is 6.07 Å². The normalized spacial score (nSPS) is 13.3.